The second-order valence-electron chi connectivity index (χ2n) is 4.68. The highest BCUT2D eigenvalue weighted by Gasteiger charge is 2.04. The van der Waals surface area contributed by atoms with Gasteiger partial charge in [-0.05, 0) is 37.4 Å². The topological polar surface area (TPSA) is 56.0 Å². The minimum absolute atomic E-state index is 0.291. The summed E-state index contributed by atoms with van der Waals surface area (Å²) in [6.45, 7) is 2.85. The number of ketones is 1. The van der Waals surface area contributed by atoms with E-state index < -0.39 is 0 Å². The molecule has 2 N–H and O–H groups in total. The number of aryl methyl sites for hydroxylation is 1. The Morgan fingerprint density at radius 2 is 2.00 bits per heavy atom. The molecule has 1 aromatic heterocycles. The van der Waals surface area contributed by atoms with Crippen molar-refractivity contribution in [1.29, 1.82) is 0 Å². The van der Waals surface area contributed by atoms with Crippen LogP contribution in [0.15, 0.2) is 18.3 Å². The van der Waals surface area contributed by atoms with E-state index in [4.69, 9.17) is 5.73 Å². The summed E-state index contributed by atoms with van der Waals surface area (Å²) < 4.78 is 0. The summed E-state index contributed by atoms with van der Waals surface area (Å²) >= 11 is 0. The van der Waals surface area contributed by atoms with Crippen LogP contribution in [0.1, 0.15) is 50.3 Å². The van der Waals surface area contributed by atoms with Crippen LogP contribution in [0, 0.1) is 0 Å². The largest absolute Gasteiger partial charge is 0.330 e. The van der Waals surface area contributed by atoms with E-state index in [1.54, 1.807) is 0 Å². The van der Waals surface area contributed by atoms with Gasteiger partial charge in [0.2, 0.25) is 0 Å². The summed E-state index contributed by atoms with van der Waals surface area (Å²) in [5, 5.41) is 0. The fourth-order valence-electron chi connectivity index (χ4n) is 1.88. The van der Waals surface area contributed by atoms with Crippen molar-refractivity contribution in [2.45, 2.75) is 51.9 Å². The molecule has 3 nitrogen and oxygen atoms in total. The number of Topliss-reactive ketones (excluding diaryl/α,β-unsaturated/α-hetero) is 1. The lowest BCUT2D eigenvalue weighted by Gasteiger charge is -2.02. The lowest BCUT2D eigenvalue weighted by Crippen LogP contribution is -2.04. The average molecular weight is 248 g/mol. The van der Waals surface area contributed by atoms with Crippen molar-refractivity contribution in [3.63, 3.8) is 0 Å². The molecule has 1 rings (SSSR count). The van der Waals surface area contributed by atoms with Crippen LogP contribution >= 0.6 is 0 Å². The molecule has 100 valence electrons. The highest BCUT2D eigenvalue weighted by molar-refractivity contribution is 5.80. The molecule has 0 aliphatic heterocycles. The van der Waals surface area contributed by atoms with Crippen molar-refractivity contribution >= 4 is 5.78 Å². The van der Waals surface area contributed by atoms with E-state index in [0.717, 1.165) is 44.3 Å². The summed E-state index contributed by atoms with van der Waals surface area (Å²) in [5.41, 5.74) is 7.52. The fraction of sp³-hybridized carbons (Fsp3) is 0.600. The number of hydrogen-bond acceptors (Lipinski definition) is 3. The maximum atomic E-state index is 11.7. The van der Waals surface area contributed by atoms with Crippen molar-refractivity contribution < 1.29 is 4.79 Å². The molecule has 18 heavy (non-hydrogen) atoms. The number of nitrogens with zero attached hydrogens (tertiary/aromatic N) is 1. The summed E-state index contributed by atoms with van der Waals surface area (Å²) in [6, 6.07) is 4.02. The van der Waals surface area contributed by atoms with Gasteiger partial charge < -0.3 is 5.73 Å². The van der Waals surface area contributed by atoms with Crippen LogP contribution in [0.3, 0.4) is 0 Å². The third-order valence-electron chi connectivity index (χ3n) is 3.08. The number of aromatic nitrogens is 1. The van der Waals surface area contributed by atoms with Gasteiger partial charge in [-0.15, -0.1) is 0 Å². The van der Waals surface area contributed by atoms with Gasteiger partial charge >= 0.3 is 0 Å². The molecule has 0 saturated carbocycles. The standard InChI is InChI=1S/C15H24N2O/c1-2-13-8-9-14(17-12-13)11-15(18)7-5-3-4-6-10-16/h8-9,12H,2-7,10-11,16H2,1H3. The first-order valence-corrected chi connectivity index (χ1v) is 6.91. The molecule has 3 heteroatoms. The molecule has 0 spiro atoms. The van der Waals surface area contributed by atoms with Crippen LogP contribution in [-0.2, 0) is 17.6 Å². The number of carbonyl (C=O) groups excluding carboxylic acids is 1. The fourth-order valence-corrected chi connectivity index (χ4v) is 1.88. The first-order chi connectivity index (χ1) is 8.76. The molecule has 0 saturated heterocycles. The lowest BCUT2D eigenvalue weighted by atomic mass is 10.1. The maximum Gasteiger partial charge on any atom is 0.138 e. The van der Waals surface area contributed by atoms with Gasteiger partial charge in [-0.2, -0.15) is 0 Å². The molecule has 0 bridgehead atoms. The quantitative estimate of drug-likeness (QED) is 0.683. The van der Waals surface area contributed by atoms with Gasteiger partial charge in [0.1, 0.15) is 5.78 Å². The summed E-state index contributed by atoms with van der Waals surface area (Å²) in [4.78, 5) is 16.0. The van der Waals surface area contributed by atoms with Crippen LogP contribution in [0.4, 0.5) is 0 Å². The molecule has 0 atom stereocenters. The molecule has 0 aliphatic rings. The minimum atomic E-state index is 0.291. The Morgan fingerprint density at radius 3 is 2.61 bits per heavy atom. The van der Waals surface area contributed by atoms with E-state index in [1.165, 1.54) is 5.56 Å². The predicted octanol–water partition coefficient (Wildman–Crippen LogP) is 2.66. The summed E-state index contributed by atoms with van der Waals surface area (Å²) in [7, 11) is 0. The van der Waals surface area contributed by atoms with Gasteiger partial charge in [0.05, 0.1) is 0 Å². The van der Waals surface area contributed by atoms with Crippen molar-refractivity contribution in [3.8, 4) is 0 Å². The number of hydrogen-bond donors (Lipinski definition) is 1. The first-order valence-electron chi connectivity index (χ1n) is 6.91. The van der Waals surface area contributed by atoms with E-state index >= 15 is 0 Å². The second-order valence-corrected chi connectivity index (χ2v) is 4.68. The summed E-state index contributed by atoms with van der Waals surface area (Å²) in [5.74, 6) is 0.291. The number of nitrogens with two attached hydrogens (primary N) is 1. The number of pyridine rings is 1. The zero-order chi connectivity index (χ0) is 13.2. The van der Waals surface area contributed by atoms with Gasteiger partial charge in [0, 0.05) is 24.7 Å². The highest BCUT2D eigenvalue weighted by atomic mass is 16.1. The molecular formula is C15H24N2O. The van der Waals surface area contributed by atoms with Crippen LogP contribution in [0.5, 0.6) is 0 Å². The van der Waals surface area contributed by atoms with Crippen molar-refractivity contribution in [1.82, 2.24) is 4.98 Å². The van der Waals surface area contributed by atoms with Crippen molar-refractivity contribution in [3.05, 3.63) is 29.6 Å². The Hall–Kier alpha value is -1.22. The monoisotopic (exact) mass is 248 g/mol. The van der Waals surface area contributed by atoms with E-state index in [-0.39, 0.29) is 0 Å². The van der Waals surface area contributed by atoms with Crippen molar-refractivity contribution in [2.24, 2.45) is 5.73 Å². The molecule has 0 aromatic carbocycles. The summed E-state index contributed by atoms with van der Waals surface area (Å²) in [6.07, 6.45) is 8.27. The molecule has 0 fully saturated rings. The number of carbonyl (C=O) groups is 1. The number of rotatable bonds is 9. The highest BCUT2D eigenvalue weighted by Crippen LogP contribution is 2.07. The van der Waals surface area contributed by atoms with Gasteiger partial charge in [-0.3, -0.25) is 9.78 Å². The Labute approximate surface area is 110 Å². The van der Waals surface area contributed by atoms with E-state index in [2.05, 4.69) is 18.0 Å². The molecule has 1 aromatic rings. The minimum Gasteiger partial charge on any atom is -0.330 e. The van der Waals surface area contributed by atoms with Gasteiger partial charge in [-0.25, -0.2) is 0 Å². The molecule has 0 aliphatic carbocycles. The zero-order valence-electron chi connectivity index (χ0n) is 11.3. The number of unbranched alkanes of at least 4 members (excludes halogenated alkanes) is 3. The van der Waals surface area contributed by atoms with Crippen LogP contribution in [0.25, 0.3) is 0 Å². The van der Waals surface area contributed by atoms with Gasteiger partial charge in [0.25, 0.3) is 0 Å². The molecule has 0 radical (unpaired) electrons. The lowest BCUT2D eigenvalue weighted by molar-refractivity contribution is -0.118. The Balaban J connectivity index is 2.22. The Bertz CT molecular complexity index is 346. The predicted molar refractivity (Wildman–Crippen MR) is 74.5 cm³/mol. The first kappa shape index (κ1) is 14.8. The van der Waals surface area contributed by atoms with Gasteiger partial charge in [0.15, 0.2) is 0 Å². The third-order valence-corrected chi connectivity index (χ3v) is 3.08. The zero-order valence-corrected chi connectivity index (χ0v) is 11.3. The molecule has 0 amide bonds. The SMILES string of the molecule is CCc1ccc(CC(=O)CCCCCCN)nc1. The van der Waals surface area contributed by atoms with Crippen LogP contribution in [-0.4, -0.2) is 17.3 Å². The van der Waals surface area contributed by atoms with E-state index in [1.807, 2.05) is 12.3 Å². The van der Waals surface area contributed by atoms with E-state index in [9.17, 15) is 4.79 Å². The normalized spacial score (nSPS) is 10.6. The third kappa shape index (κ3) is 5.92. The molecular weight excluding hydrogens is 224 g/mol. The smallest absolute Gasteiger partial charge is 0.138 e. The van der Waals surface area contributed by atoms with Crippen LogP contribution < -0.4 is 5.73 Å². The Morgan fingerprint density at radius 1 is 1.22 bits per heavy atom. The molecule has 0 unspecified atom stereocenters. The van der Waals surface area contributed by atoms with Crippen LogP contribution in [0.2, 0.25) is 0 Å². The maximum absolute atomic E-state index is 11.7. The van der Waals surface area contributed by atoms with E-state index in [0.29, 0.717) is 18.6 Å². The van der Waals surface area contributed by atoms with Crippen molar-refractivity contribution in [2.75, 3.05) is 6.54 Å². The Kier molecular flexibility index (Phi) is 7.26. The average Bonchev–Trinajstić information content (AvgIpc) is 2.39. The van der Waals surface area contributed by atoms with Gasteiger partial charge in [-0.1, -0.05) is 25.8 Å². The molecule has 1 heterocycles. The second kappa shape index (κ2) is 8.81.